The van der Waals surface area contributed by atoms with Crippen LogP contribution in [0.15, 0.2) is 168 Å². The summed E-state index contributed by atoms with van der Waals surface area (Å²) in [4.78, 5) is 19.7. The van der Waals surface area contributed by atoms with E-state index in [1.54, 1.807) is 6.20 Å². The van der Waals surface area contributed by atoms with Gasteiger partial charge in [-0.1, -0.05) is 121 Å². The SMILES string of the molecule is c1ccc(-c2nc(-c3ccccc3)nc(-c3ccncc3-n3c4ccccc4c4ccc(-c5cccc6oc7ccccc7c56)cc43)n2)cc1. The second-order valence-electron chi connectivity index (χ2n) is 12.3. The Hall–Kier alpha value is -6.92. The smallest absolute Gasteiger partial charge is 0.166 e. The van der Waals surface area contributed by atoms with Crippen molar-refractivity contribution < 1.29 is 4.42 Å². The fourth-order valence-corrected chi connectivity index (χ4v) is 7.10. The van der Waals surface area contributed by atoms with Crippen LogP contribution in [0.25, 0.3) is 94.7 Å². The molecule has 10 rings (SSSR count). The third-order valence-electron chi connectivity index (χ3n) is 9.37. The number of furan rings is 1. The Morgan fingerprint density at radius 2 is 1.08 bits per heavy atom. The Morgan fingerprint density at radius 3 is 1.86 bits per heavy atom. The van der Waals surface area contributed by atoms with E-state index >= 15 is 0 Å². The van der Waals surface area contributed by atoms with Gasteiger partial charge in [-0.2, -0.15) is 0 Å². The van der Waals surface area contributed by atoms with Gasteiger partial charge in [0.05, 0.1) is 22.9 Å². The molecule has 6 aromatic carbocycles. The molecule has 0 aliphatic carbocycles. The quantitative estimate of drug-likeness (QED) is 0.187. The van der Waals surface area contributed by atoms with Crippen molar-refractivity contribution in [3.05, 3.63) is 164 Å². The van der Waals surface area contributed by atoms with Crippen LogP contribution in [0.3, 0.4) is 0 Å². The van der Waals surface area contributed by atoms with Crippen molar-refractivity contribution in [1.29, 1.82) is 0 Å². The highest BCUT2D eigenvalue weighted by molar-refractivity contribution is 6.15. The average molecular weight is 642 g/mol. The maximum atomic E-state index is 6.26. The summed E-state index contributed by atoms with van der Waals surface area (Å²) in [6, 6.07) is 51.8. The van der Waals surface area contributed by atoms with Crippen molar-refractivity contribution >= 4 is 43.7 Å². The maximum Gasteiger partial charge on any atom is 0.166 e. The molecule has 4 heterocycles. The summed E-state index contributed by atoms with van der Waals surface area (Å²) in [6.07, 6.45) is 3.71. The van der Waals surface area contributed by atoms with Crippen LogP contribution in [-0.2, 0) is 0 Å². The first-order valence-corrected chi connectivity index (χ1v) is 16.6. The Bertz CT molecular complexity index is 2820. The van der Waals surface area contributed by atoms with E-state index in [0.29, 0.717) is 17.5 Å². The lowest BCUT2D eigenvalue weighted by atomic mass is 9.98. The van der Waals surface area contributed by atoms with Crippen molar-refractivity contribution in [2.75, 3.05) is 0 Å². The number of pyridine rings is 1. The normalized spacial score (nSPS) is 11.6. The van der Waals surface area contributed by atoms with Gasteiger partial charge < -0.3 is 8.98 Å². The number of rotatable bonds is 5. The summed E-state index contributed by atoms with van der Waals surface area (Å²) >= 11 is 0. The fourth-order valence-electron chi connectivity index (χ4n) is 7.10. The van der Waals surface area contributed by atoms with Crippen LogP contribution in [0.4, 0.5) is 0 Å². The summed E-state index contributed by atoms with van der Waals surface area (Å²) in [7, 11) is 0. The third kappa shape index (κ3) is 4.50. The fraction of sp³-hybridized carbons (Fsp3) is 0. The Balaban J connectivity index is 1.23. The molecule has 0 bridgehead atoms. The zero-order valence-electron chi connectivity index (χ0n) is 26.7. The van der Waals surface area contributed by atoms with Gasteiger partial charge in [-0.25, -0.2) is 15.0 Å². The van der Waals surface area contributed by atoms with Gasteiger partial charge in [0.15, 0.2) is 17.5 Å². The van der Waals surface area contributed by atoms with Crippen molar-refractivity contribution in [2.45, 2.75) is 0 Å². The lowest BCUT2D eigenvalue weighted by Gasteiger charge is -2.14. The van der Waals surface area contributed by atoms with Crippen molar-refractivity contribution in [2.24, 2.45) is 0 Å². The zero-order chi connectivity index (χ0) is 33.0. The van der Waals surface area contributed by atoms with E-state index in [2.05, 4.69) is 76.3 Å². The number of benzene rings is 6. The van der Waals surface area contributed by atoms with Crippen LogP contribution in [0, 0.1) is 0 Å². The molecular weight excluding hydrogens is 615 g/mol. The second-order valence-corrected chi connectivity index (χ2v) is 12.3. The molecule has 6 nitrogen and oxygen atoms in total. The highest BCUT2D eigenvalue weighted by Gasteiger charge is 2.20. The highest BCUT2D eigenvalue weighted by Crippen LogP contribution is 2.41. The Morgan fingerprint density at radius 1 is 0.440 bits per heavy atom. The number of hydrogen-bond acceptors (Lipinski definition) is 5. The first-order chi connectivity index (χ1) is 24.8. The van der Waals surface area contributed by atoms with Gasteiger partial charge in [0.2, 0.25) is 0 Å². The van der Waals surface area contributed by atoms with Gasteiger partial charge in [0.1, 0.15) is 11.2 Å². The summed E-state index contributed by atoms with van der Waals surface area (Å²) < 4.78 is 8.55. The molecule has 6 heteroatoms. The maximum absolute atomic E-state index is 6.26. The molecule has 4 aromatic heterocycles. The van der Waals surface area contributed by atoms with E-state index in [1.807, 2.05) is 91.1 Å². The third-order valence-corrected chi connectivity index (χ3v) is 9.37. The molecule has 0 fully saturated rings. The summed E-state index contributed by atoms with van der Waals surface area (Å²) in [5, 5.41) is 4.52. The minimum atomic E-state index is 0.576. The minimum Gasteiger partial charge on any atom is -0.456 e. The standard InChI is InChI=1S/C44H27N5O/c1-3-12-28(13-4-1)42-46-43(29-14-5-2-6-15-29)48-44(47-42)34-24-25-45-27-38(34)49-36-19-9-7-16-32(36)33-23-22-30(26-37(33)49)31-18-11-21-40-41(31)35-17-8-10-20-39(35)50-40/h1-27H. The first-order valence-electron chi connectivity index (χ1n) is 16.6. The molecule has 0 spiro atoms. The largest absolute Gasteiger partial charge is 0.456 e. The number of hydrogen-bond donors (Lipinski definition) is 0. The van der Waals surface area contributed by atoms with Crippen molar-refractivity contribution in [3.63, 3.8) is 0 Å². The van der Waals surface area contributed by atoms with Crippen LogP contribution in [0.1, 0.15) is 0 Å². The van der Waals surface area contributed by atoms with Gasteiger partial charge >= 0.3 is 0 Å². The van der Waals surface area contributed by atoms with Gasteiger partial charge in [-0.15, -0.1) is 0 Å². The monoisotopic (exact) mass is 641 g/mol. The first kappa shape index (κ1) is 28.1. The summed E-state index contributed by atoms with van der Waals surface area (Å²) in [6.45, 7) is 0. The summed E-state index contributed by atoms with van der Waals surface area (Å²) in [5.74, 6) is 1.80. The van der Waals surface area contributed by atoms with Crippen LogP contribution < -0.4 is 0 Å². The van der Waals surface area contributed by atoms with Gasteiger partial charge in [0, 0.05) is 44.4 Å². The van der Waals surface area contributed by atoms with Gasteiger partial charge in [-0.3, -0.25) is 4.98 Å². The minimum absolute atomic E-state index is 0.576. The van der Waals surface area contributed by atoms with Gasteiger partial charge in [-0.05, 0) is 41.5 Å². The lowest BCUT2D eigenvalue weighted by molar-refractivity contribution is 0.669. The molecule has 0 atom stereocenters. The molecule has 0 amide bonds. The molecule has 0 unspecified atom stereocenters. The van der Waals surface area contributed by atoms with Gasteiger partial charge in [0.25, 0.3) is 0 Å². The molecule has 0 radical (unpaired) electrons. The topological polar surface area (TPSA) is 69.6 Å². The van der Waals surface area contributed by atoms with Crippen LogP contribution in [-0.4, -0.2) is 24.5 Å². The molecule has 10 aromatic rings. The molecule has 0 aliphatic rings. The predicted octanol–water partition coefficient (Wildman–Crippen LogP) is 10.9. The summed E-state index contributed by atoms with van der Waals surface area (Å²) in [5.41, 5.74) is 9.68. The van der Waals surface area contributed by atoms with E-state index in [0.717, 1.165) is 77.2 Å². The molecule has 0 aliphatic heterocycles. The number of aromatic nitrogens is 5. The highest BCUT2D eigenvalue weighted by atomic mass is 16.3. The lowest BCUT2D eigenvalue weighted by Crippen LogP contribution is -2.04. The number of para-hydroxylation sites is 2. The zero-order valence-corrected chi connectivity index (χ0v) is 26.7. The predicted molar refractivity (Wildman–Crippen MR) is 201 cm³/mol. The molecule has 234 valence electrons. The van der Waals surface area contributed by atoms with E-state index in [-0.39, 0.29) is 0 Å². The Kier molecular flexibility index (Phi) is 6.39. The Labute approximate surface area is 287 Å². The van der Waals surface area contributed by atoms with E-state index in [4.69, 9.17) is 19.4 Å². The van der Waals surface area contributed by atoms with Crippen LogP contribution >= 0.6 is 0 Å². The molecule has 50 heavy (non-hydrogen) atoms. The molecule has 0 saturated carbocycles. The van der Waals surface area contributed by atoms with Crippen molar-refractivity contribution in [3.8, 4) is 51.0 Å². The average Bonchev–Trinajstić information content (AvgIpc) is 3.74. The van der Waals surface area contributed by atoms with Crippen LogP contribution in [0.2, 0.25) is 0 Å². The molecule has 0 N–H and O–H groups in total. The van der Waals surface area contributed by atoms with Crippen molar-refractivity contribution in [1.82, 2.24) is 24.5 Å². The van der Waals surface area contributed by atoms with E-state index in [1.165, 1.54) is 0 Å². The number of nitrogens with zero attached hydrogens (tertiary/aromatic N) is 5. The molecule has 0 saturated heterocycles. The number of fused-ring (bicyclic) bond motifs is 6. The second kappa shape index (κ2) is 11.4. The van der Waals surface area contributed by atoms with E-state index in [9.17, 15) is 0 Å². The molecular formula is C44H27N5O. The van der Waals surface area contributed by atoms with Crippen LogP contribution in [0.5, 0.6) is 0 Å². The van der Waals surface area contributed by atoms with E-state index < -0.39 is 0 Å².